The Bertz CT molecular complexity index is 602. The average Bonchev–Trinajstić information content (AvgIpc) is 2.43. The van der Waals surface area contributed by atoms with Gasteiger partial charge in [-0.3, -0.25) is 14.4 Å². The number of hydrogen-bond donors (Lipinski definition) is 2. The Balaban J connectivity index is 2.71. The fraction of sp³-hybridized carbons (Fsp3) is 0.438. The van der Waals surface area contributed by atoms with Crippen molar-refractivity contribution in [3.8, 4) is 0 Å². The van der Waals surface area contributed by atoms with Gasteiger partial charge in [-0.15, -0.1) is 0 Å². The molecule has 8 heteroatoms. The summed E-state index contributed by atoms with van der Waals surface area (Å²) in [6.07, 6.45) is -0.430. The molecule has 0 saturated carbocycles. The van der Waals surface area contributed by atoms with Gasteiger partial charge in [0.25, 0.3) is 0 Å². The molecule has 132 valence electrons. The van der Waals surface area contributed by atoms with E-state index in [2.05, 4.69) is 5.32 Å². The lowest BCUT2D eigenvalue weighted by atomic mass is 9.97. The van der Waals surface area contributed by atoms with Crippen molar-refractivity contribution in [2.75, 3.05) is 6.61 Å². The first kappa shape index (κ1) is 19.5. The van der Waals surface area contributed by atoms with E-state index < -0.39 is 41.4 Å². The molecule has 2 amide bonds. The fourth-order valence-electron chi connectivity index (χ4n) is 2.22. The summed E-state index contributed by atoms with van der Waals surface area (Å²) in [5.41, 5.74) is 5.37. The van der Waals surface area contributed by atoms with Crippen LogP contribution in [0.1, 0.15) is 25.8 Å². The fourth-order valence-corrected chi connectivity index (χ4v) is 2.22. The van der Waals surface area contributed by atoms with E-state index in [-0.39, 0.29) is 25.0 Å². The quantitative estimate of drug-likeness (QED) is 0.690. The van der Waals surface area contributed by atoms with Gasteiger partial charge in [0.05, 0.1) is 19.4 Å². The molecule has 0 bridgehead atoms. The van der Waals surface area contributed by atoms with Crippen molar-refractivity contribution in [3.05, 3.63) is 35.4 Å². The standard InChI is InChI=1S/C16H20F2N2O4/c1-3-24-14(22)4-9(2)15(16(19)23)20-13(21)7-10-5-11(17)8-12(18)6-10/h5-6,8-9,15H,3-4,7H2,1-2H3,(H2,19,23)(H,20,21)/t9-,15-/m0/s1. The maximum Gasteiger partial charge on any atom is 0.306 e. The molecule has 0 aliphatic carbocycles. The summed E-state index contributed by atoms with van der Waals surface area (Å²) in [6, 6.07) is 1.63. The SMILES string of the molecule is CCOC(=O)C[C@H](C)[C@H](NC(=O)Cc1cc(F)cc(F)c1)C(N)=O. The molecule has 1 rings (SSSR count). The van der Waals surface area contributed by atoms with Crippen molar-refractivity contribution < 1.29 is 27.9 Å². The number of rotatable bonds is 8. The van der Waals surface area contributed by atoms with E-state index in [9.17, 15) is 23.2 Å². The average molecular weight is 342 g/mol. The number of nitrogens with two attached hydrogens (primary N) is 1. The summed E-state index contributed by atoms with van der Waals surface area (Å²) >= 11 is 0. The van der Waals surface area contributed by atoms with Gasteiger partial charge in [-0.1, -0.05) is 6.92 Å². The van der Waals surface area contributed by atoms with Gasteiger partial charge in [-0.2, -0.15) is 0 Å². The van der Waals surface area contributed by atoms with Gasteiger partial charge in [-0.25, -0.2) is 8.78 Å². The summed E-state index contributed by atoms with van der Waals surface area (Å²) in [6.45, 7) is 3.41. The van der Waals surface area contributed by atoms with E-state index in [1.165, 1.54) is 0 Å². The highest BCUT2D eigenvalue weighted by Crippen LogP contribution is 2.12. The van der Waals surface area contributed by atoms with Crippen LogP contribution in [0.15, 0.2) is 18.2 Å². The largest absolute Gasteiger partial charge is 0.466 e. The Hall–Kier alpha value is -2.51. The van der Waals surface area contributed by atoms with Crippen LogP contribution >= 0.6 is 0 Å². The number of primary amides is 1. The monoisotopic (exact) mass is 342 g/mol. The number of benzene rings is 1. The first-order valence-electron chi connectivity index (χ1n) is 7.42. The molecule has 6 nitrogen and oxygen atoms in total. The van der Waals surface area contributed by atoms with Crippen molar-refractivity contribution >= 4 is 17.8 Å². The van der Waals surface area contributed by atoms with Gasteiger partial charge < -0.3 is 15.8 Å². The normalized spacial score (nSPS) is 13.0. The van der Waals surface area contributed by atoms with E-state index >= 15 is 0 Å². The number of amides is 2. The first-order chi connectivity index (χ1) is 11.2. The van der Waals surface area contributed by atoms with E-state index in [4.69, 9.17) is 10.5 Å². The van der Waals surface area contributed by atoms with Crippen LogP contribution in [0, 0.1) is 17.6 Å². The molecular formula is C16H20F2N2O4. The maximum absolute atomic E-state index is 13.1. The summed E-state index contributed by atoms with van der Waals surface area (Å²) in [7, 11) is 0. The third-order valence-electron chi connectivity index (χ3n) is 3.27. The molecule has 0 radical (unpaired) electrons. The molecule has 3 N–H and O–H groups in total. The van der Waals surface area contributed by atoms with Crippen LogP contribution in [0.25, 0.3) is 0 Å². The first-order valence-corrected chi connectivity index (χ1v) is 7.42. The van der Waals surface area contributed by atoms with Gasteiger partial charge in [0, 0.05) is 6.07 Å². The van der Waals surface area contributed by atoms with Gasteiger partial charge >= 0.3 is 5.97 Å². The molecule has 1 aromatic carbocycles. The van der Waals surface area contributed by atoms with E-state index in [1.54, 1.807) is 13.8 Å². The lowest BCUT2D eigenvalue weighted by molar-refractivity contribution is -0.144. The molecule has 24 heavy (non-hydrogen) atoms. The topological polar surface area (TPSA) is 98.5 Å². The highest BCUT2D eigenvalue weighted by Gasteiger charge is 2.27. The molecule has 0 heterocycles. The van der Waals surface area contributed by atoms with Crippen LogP contribution in [0.5, 0.6) is 0 Å². The molecule has 0 aliphatic rings. The van der Waals surface area contributed by atoms with Crippen molar-refractivity contribution in [2.24, 2.45) is 11.7 Å². The lowest BCUT2D eigenvalue weighted by Gasteiger charge is -2.21. The molecule has 0 spiro atoms. The van der Waals surface area contributed by atoms with Gasteiger partial charge in [-0.05, 0) is 30.5 Å². The summed E-state index contributed by atoms with van der Waals surface area (Å²) < 4.78 is 31.0. The van der Waals surface area contributed by atoms with E-state index in [0.29, 0.717) is 6.07 Å². The maximum atomic E-state index is 13.1. The van der Waals surface area contributed by atoms with Crippen LogP contribution in [-0.2, 0) is 25.5 Å². The molecule has 0 unspecified atom stereocenters. The zero-order valence-electron chi connectivity index (χ0n) is 13.5. The Morgan fingerprint density at radius 2 is 1.79 bits per heavy atom. The Morgan fingerprint density at radius 3 is 2.29 bits per heavy atom. The van der Waals surface area contributed by atoms with Crippen molar-refractivity contribution in [1.29, 1.82) is 0 Å². The number of carbonyl (C=O) groups is 3. The number of halogens is 2. The molecular weight excluding hydrogens is 322 g/mol. The van der Waals surface area contributed by atoms with Crippen LogP contribution in [0.4, 0.5) is 8.78 Å². The Morgan fingerprint density at radius 1 is 1.21 bits per heavy atom. The zero-order chi connectivity index (χ0) is 18.3. The van der Waals surface area contributed by atoms with Crippen molar-refractivity contribution in [2.45, 2.75) is 32.7 Å². The summed E-state index contributed by atoms with van der Waals surface area (Å²) in [4.78, 5) is 35.0. The summed E-state index contributed by atoms with van der Waals surface area (Å²) in [5, 5.41) is 2.38. The highest BCUT2D eigenvalue weighted by molar-refractivity contribution is 5.88. The number of ether oxygens (including phenoxy) is 1. The number of nitrogens with one attached hydrogen (secondary N) is 1. The Labute approximate surface area is 138 Å². The second kappa shape index (κ2) is 8.95. The van der Waals surface area contributed by atoms with Crippen LogP contribution < -0.4 is 11.1 Å². The van der Waals surface area contributed by atoms with Gasteiger partial charge in [0.15, 0.2) is 0 Å². The number of esters is 1. The second-order valence-electron chi connectivity index (χ2n) is 5.39. The Kier molecular flexibility index (Phi) is 7.29. The third-order valence-corrected chi connectivity index (χ3v) is 3.27. The molecule has 0 fully saturated rings. The third kappa shape index (κ3) is 6.31. The van der Waals surface area contributed by atoms with E-state index in [1.807, 2.05) is 0 Å². The molecule has 2 atom stereocenters. The number of hydrogen-bond acceptors (Lipinski definition) is 4. The minimum atomic E-state index is -1.10. The predicted octanol–water partition coefficient (Wildman–Crippen LogP) is 1.07. The minimum absolute atomic E-state index is 0.101. The molecule has 0 saturated heterocycles. The van der Waals surface area contributed by atoms with Crippen LogP contribution in [0.3, 0.4) is 0 Å². The van der Waals surface area contributed by atoms with Crippen molar-refractivity contribution in [1.82, 2.24) is 5.32 Å². The zero-order valence-corrected chi connectivity index (χ0v) is 13.5. The molecule has 1 aromatic rings. The van der Waals surface area contributed by atoms with E-state index in [0.717, 1.165) is 12.1 Å². The van der Waals surface area contributed by atoms with Crippen LogP contribution in [0.2, 0.25) is 0 Å². The predicted molar refractivity (Wildman–Crippen MR) is 81.6 cm³/mol. The van der Waals surface area contributed by atoms with Gasteiger partial charge in [0.1, 0.15) is 17.7 Å². The lowest BCUT2D eigenvalue weighted by Crippen LogP contribution is -2.49. The van der Waals surface area contributed by atoms with Gasteiger partial charge in [0.2, 0.25) is 11.8 Å². The smallest absolute Gasteiger partial charge is 0.306 e. The van der Waals surface area contributed by atoms with Crippen LogP contribution in [-0.4, -0.2) is 30.4 Å². The minimum Gasteiger partial charge on any atom is -0.466 e. The second-order valence-corrected chi connectivity index (χ2v) is 5.39. The summed E-state index contributed by atoms with van der Waals surface area (Å²) in [5.74, 6) is -4.17. The highest BCUT2D eigenvalue weighted by atomic mass is 19.1. The molecule has 0 aliphatic heterocycles. The number of carbonyl (C=O) groups excluding carboxylic acids is 3. The van der Waals surface area contributed by atoms with Crippen molar-refractivity contribution in [3.63, 3.8) is 0 Å². The molecule has 0 aromatic heterocycles.